The molecule has 1 aromatic heterocycles. The molecular formula is C14H16ClN3O. The maximum Gasteiger partial charge on any atom is 0.133 e. The summed E-state index contributed by atoms with van der Waals surface area (Å²) in [5, 5.41) is 3.59. The van der Waals surface area contributed by atoms with Crippen molar-refractivity contribution in [3.05, 3.63) is 47.1 Å². The van der Waals surface area contributed by atoms with Crippen LogP contribution in [-0.2, 0) is 6.42 Å². The number of hydrogen-bond acceptors (Lipinski definition) is 4. The molecular weight excluding hydrogens is 262 g/mol. The molecule has 19 heavy (non-hydrogen) atoms. The van der Waals surface area contributed by atoms with E-state index in [9.17, 15) is 0 Å². The van der Waals surface area contributed by atoms with Crippen molar-refractivity contribution < 1.29 is 4.74 Å². The van der Waals surface area contributed by atoms with E-state index in [2.05, 4.69) is 16.4 Å². The predicted octanol–water partition coefficient (Wildman–Crippen LogP) is 2.98. The van der Waals surface area contributed by atoms with Gasteiger partial charge in [0.05, 0.1) is 7.11 Å². The first kappa shape index (κ1) is 13.5. The van der Waals surface area contributed by atoms with Crippen LogP contribution in [0.5, 0.6) is 5.75 Å². The Labute approximate surface area is 117 Å². The van der Waals surface area contributed by atoms with Crippen molar-refractivity contribution in [2.45, 2.75) is 6.42 Å². The van der Waals surface area contributed by atoms with Crippen LogP contribution in [-0.4, -0.2) is 18.6 Å². The molecule has 0 aliphatic heterocycles. The van der Waals surface area contributed by atoms with Crippen molar-refractivity contribution in [3.8, 4) is 5.75 Å². The van der Waals surface area contributed by atoms with Gasteiger partial charge in [-0.2, -0.15) is 0 Å². The number of nitrogens with two attached hydrogens (primary N) is 1. The second-order valence-corrected chi connectivity index (χ2v) is 4.52. The molecule has 0 saturated carbocycles. The standard InChI is InChI=1S/C14H16ClN3O/c1-19-12-4-2-3-10(7-12)5-6-17-14-9-11(16)8-13(15)18-14/h2-4,7-9H,5-6H2,1H3,(H3,16,17,18). The van der Waals surface area contributed by atoms with Crippen LogP contribution < -0.4 is 15.8 Å². The number of ether oxygens (including phenoxy) is 1. The zero-order chi connectivity index (χ0) is 13.7. The summed E-state index contributed by atoms with van der Waals surface area (Å²) >= 11 is 5.84. The Morgan fingerprint density at radius 3 is 2.89 bits per heavy atom. The highest BCUT2D eigenvalue weighted by Crippen LogP contribution is 2.16. The van der Waals surface area contributed by atoms with E-state index in [1.54, 1.807) is 19.2 Å². The fraction of sp³-hybridized carbons (Fsp3) is 0.214. The highest BCUT2D eigenvalue weighted by atomic mass is 35.5. The summed E-state index contributed by atoms with van der Waals surface area (Å²) in [5.41, 5.74) is 7.50. The third-order valence-electron chi connectivity index (χ3n) is 2.67. The van der Waals surface area contributed by atoms with Gasteiger partial charge >= 0.3 is 0 Å². The van der Waals surface area contributed by atoms with Crippen LogP contribution in [0.15, 0.2) is 36.4 Å². The summed E-state index contributed by atoms with van der Waals surface area (Å²) in [6.45, 7) is 0.750. The van der Waals surface area contributed by atoms with E-state index in [0.717, 1.165) is 18.7 Å². The molecule has 100 valence electrons. The third kappa shape index (κ3) is 4.03. The number of pyridine rings is 1. The number of hydrogen-bond donors (Lipinski definition) is 2. The van der Waals surface area contributed by atoms with Crippen LogP contribution in [0.1, 0.15) is 5.56 Å². The van der Waals surface area contributed by atoms with Crippen LogP contribution in [0.2, 0.25) is 5.15 Å². The summed E-state index contributed by atoms with van der Waals surface area (Å²) in [6.07, 6.45) is 0.866. The van der Waals surface area contributed by atoms with E-state index in [1.165, 1.54) is 5.56 Å². The van der Waals surface area contributed by atoms with Gasteiger partial charge in [0, 0.05) is 18.3 Å². The Bertz CT molecular complexity index is 540. The minimum absolute atomic E-state index is 0.392. The Kier molecular flexibility index (Phi) is 4.47. The molecule has 3 N–H and O–H groups in total. The SMILES string of the molecule is COc1cccc(CCNc2cc(N)cc(Cl)n2)c1. The fourth-order valence-corrected chi connectivity index (χ4v) is 1.99. The summed E-state index contributed by atoms with van der Waals surface area (Å²) in [6, 6.07) is 11.4. The van der Waals surface area contributed by atoms with Crippen LogP contribution >= 0.6 is 11.6 Å². The molecule has 0 aliphatic rings. The number of methoxy groups -OCH3 is 1. The normalized spacial score (nSPS) is 10.2. The summed E-state index contributed by atoms with van der Waals surface area (Å²) in [7, 11) is 1.66. The second-order valence-electron chi connectivity index (χ2n) is 4.14. The van der Waals surface area contributed by atoms with Crippen LogP contribution in [0.4, 0.5) is 11.5 Å². The lowest BCUT2D eigenvalue weighted by molar-refractivity contribution is 0.414. The summed E-state index contributed by atoms with van der Waals surface area (Å²) < 4.78 is 5.18. The van der Waals surface area contributed by atoms with Gasteiger partial charge in [-0.1, -0.05) is 23.7 Å². The molecule has 1 heterocycles. The molecule has 0 radical (unpaired) electrons. The zero-order valence-corrected chi connectivity index (χ0v) is 11.4. The van der Waals surface area contributed by atoms with E-state index in [0.29, 0.717) is 16.7 Å². The number of rotatable bonds is 5. The lowest BCUT2D eigenvalue weighted by Crippen LogP contribution is -2.07. The Hall–Kier alpha value is -1.94. The van der Waals surface area contributed by atoms with Crippen molar-refractivity contribution in [1.29, 1.82) is 0 Å². The molecule has 2 rings (SSSR count). The van der Waals surface area contributed by atoms with Gasteiger partial charge in [0.25, 0.3) is 0 Å². The minimum atomic E-state index is 0.392. The number of nitrogen functional groups attached to an aromatic ring is 1. The maximum absolute atomic E-state index is 5.84. The predicted molar refractivity (Wildman–Crippen MR) is 78.8 cm³/mol. The van der Waals surface area contributed by atoms with Crippen molar-refractivity contribution in [3.63, 3.8) is 0 Å². The topological polar surface area (TPSA) is 60.2 Å². The first-order valence-corrected chi connectivity index (χ1v) is 6.35. The van der Waals surface area contributed by atoms with Crippen molar-refractivity contribution in [2.24, 2.45) is 0 Å². The number of anilines is 2. The van der Waals surface area contributed by atoms with E-state index in [-0.39, 0.29) is 0 Å². The van der Waals surface area contributed by atoms with Gasteiger partial charge in [-0.25, -0.2) is 4.98 Å². The van der Waals surface area contributed by atoms with E-state index in [1.807, 2.05) is 18.2 Å². The number of halogens is 1. The lowest BCUT2D eigenvalue weighted by Gasteiger charge is -2.08. The molecule has 0 amide bonds. The molecule has 0 spiro atoms. The van der Waals surface area contributed by atoms with E-state index in [4.69, 9.17) is 22.1 Å². The van der Waals surface area contributed by atoms with E-state index < -0.39 is 0 Å². The second kappa shape index (κ2) is 6.29. The molecule has 0 unspecified atom stereocenters. The van der Waals surface area contributed by atoms with Gasteiger partial charge in [0.1, 0.15) is 16.7 Å². The average molecular weight is 278 g/mol. The molecule has 0 bridgehead atoms. The maximum atomic E-state index is 5.84. The third-order valence-corrected chi connectivity index (χ3v) is 2.86. The van der Waals surface area contributed by atoms with E-state index >= 15 is 0 Å². The van der Waals surface area contributed by atoms with Gasteiger partial charge in [-0.3, -0.25) is 0 Å². The van der Waals surface area contributed by atoms with Gasteiger partial charge in [-0.05, 0) is 30.2 Å². The number of aromatic nitrogens is 1. The monoisotopic (exact) mass is 277 g/mol. The smallest absolute Gasteiger partial charge is 0.133 e. The molecule has 0 aliphatic carbocycles. The van der Waals surface area contributed by atoms with Crippen LogP contribution in [0, 0.1) is 0 Å². The zero-order valence-electron chi connectivity index (χ0n) is 10.7. The van der Waals surface area contributed by atoms with Crippen molar-refractivity contribution >= 4 is 23.1 Å². The molecule has 1 aromatic carbocycles. The first-order valence-electron chi connectivity index (χ1n) is 5.97. The Morgan fingerprint density at radius 2 is 2.16 bits per heavy atom. The summed E-state index contributed by atoms with van der Waals surface area (Å²) in [5.74, 6) is 1.55. The number of benzene rings is 1. The highest BCUT2D eigenvalue weighted by molar-refractivity contribution is 6.29. The van der Waals surface area contributed by atoms with Crippen molar-refractivity contribution in [2.75, 3.05) is 24.7 Å². The number of nitrogens with one attached hydrogen (secondary N) is 1. The molecule has 5 heteroatoms. The van der Waals surface area contributed by atoms with Crippen LogP contribution in [0.25, 0.3) is 0 Å². The quantitative estimate of drug-likeness (QED) is 0.825. The van der Waals surface area contributed by atoms with Gasteiger partial charge in [-0.15, -0.1) is 0 Å². The molecule has 0 atom stereocenters. The number of nitrogens with zero attached hydrogens (tertiary/aromatic N) is 1. The lowest BCUT2D eigenvalue weighted by atomic mass is 10.1. The average Bonchev–Trinajstić information content (AvgIpc) is 2.38. The Morgan fingerprint density at radius 1 is 1.32 bits per heavy atom. The van der Waals surface area contributed by atoms with Crippen molar-refractivity contribution in [1.82, 2.24) is 4.98 Å². The van der Waals surface area contributed by atoms with Gasteiger partial charge in [0.2, 0.25) is 0 Å². The summed E-state index contributed by atoms with van der Waals surface area (Å²) in [4.78, 5) is 4.15. The molecule has 4 nitrogen and oxygen atoms in total. The first-order chi connectivity index (χ1) is 9.17. The largest absolute Gasteiger partial charge is 0.497 e. The van der Waals surface area contributed by atoms with Crippen LogP contribution in [0.3, 0.4) is 0 Å². The minimum Gasteiger partial charge on any atom is -0.497 e. The van der Waals surface area contributed by atoms with Gasteiger partial charge < -0.3 is 15.8 Å². The highest BCUT2D eigenvalue weighted by Gasteiger charge is 2.00. The van der Waals surface area contributed by atoms with Gasteiger partial charge in [0.15, 0.2) is 0 Å². The molecule has 0 saturated heterocycles. The fourth-order valence-electron chi connectivity index (χ4n) is 1.77. The Balaban J connectivity index is 1.92. The molecule has 0 fully saturated rings. The molecule has 2 aromatic rings.